The van der Waals surface area contributed by atoms with Crippen LogP contribution in [-0.4, -0.2) is 31.1 Å². The third-order valence-corrected chi connectivity index (χ3v) is 1.49. The highest BCUT2D eigenvalue weighted by Gasteiger charge is 2.22. The molecule has 0 fully saturated rings. The minimum absolute atomic E-state index is 0.465. The van der Waals surface area contributed by atoms with Crippen LogP contribution < -0.4 is 5.32 Å². The van der Waals surface area contributed by atoms with E-state index in [2.05, 4.69) is 14.9 Å². The Morgan fingerprint density at radius 2 is 2.00 bits per heavy atom. The van der Waals surface area contributed by atoms with Crippen molar-refractivity contribution in [2.24, 2.45) is 0 Å². The van der Waals surface area contributed by atoms with Gasteiger partial charge in [-0.1, -0.05) is 0 Å². The van der Waals surface area contributed by atoms with Crippen LogP contribution in [0.25, 0.3) is 4.85 Å². The van der Waals surface area contributed by atoms with E-state index >= 15 is 0 Å². The highest BCUT2D eigenvalue weighted by Crippen LogP contribution is 1.92. The number of hydrogen-bond donors (Lipinski definition) is 1. The number of methoxy groups -OCH3 is 1. The van der Waals surface area contributed by atoms with Crippen LogP contribution in [0.4, 0.5) is 0 Å². The van der Waals surface area contributed by atoms with Crippen molar-refractivity contribution in [2.75, 3.05) is 7.11 Å². The maximum atomic E-state index is 11.1. The Morgan fingerprint density at radius 3 is 2.38 bits per heavy atom. The summed E-state index contributed by atoms with van der Waals surface area (Å²) in [6, 6.07) is -1.48. The standard InChI is InChI=1S/C8H12N2O3/c1-5(9-3)7(11)10-6(2)8(12)13-4/h5-6H,1-2,4H3,(H,10,11)/t5-,6-/m0/s1. The van der Waals surface area contributed by atoms with E-state index < -0.39 is 24.0 Å². The van der Waals surface area contributed by atoms with Gasteiger partial charge in [-0.05, 0) is 6.92 Å². The number of nitrogens with zero attached hydrogens (tertiary/aromatic N) is 1. The Labute approximate surface area is 76.9 Å². The van der Waals surface area contributed by atoms with E-state index in [0.29, 0.717) is 0 Å². The molecule has 0 heterocycles. The van der Waals surface area contributed by atoms with Gasteiger partial charge in [-0.2, -0.15) is 0 Å². The molecule has 0 spiro atoms. The number of ether oxygens (including phenoxy) is 1. The summed E-state index contributed by atoms with van der Waals surface area (Å²) < 4.78 is 4.40. The van der Waals surface area contributed by atoms with Gasteiger partial charge < -0.3 is 14.9 Å². The predicted octanol–water partition coefficient (Wildman–Crippen LogP) is -0.0281. The van der Waals surface area contributed by atoms with Crippen molar-refractivity contribution in [3.05, 3.63) is 11.4 Å². The van der Waals surface area contributed by atoms with Crippen molar-refractivity contribution in [3.8, 4) is 0 Å². The second-order valence-corrected chi connectivity index (χ2v) is 2.56. The molecule has 0 rings (SSSR count). The van der Waals surface area contributed by atoms with Crippen molar-refractivity contribution >= 4 is 11.9 Å². The molecule has 1 amide bonds. The van der Waals surface area contributed by atoms with Crippen molar-refractivity contribution < 1.29 is 14.3 Å². The fourth-order valence-electron chi connectivity index (χ4n) is 0.628. The van der Waals surface area contributed by atoms with E-state index in [1.165, 1.54) is 21.0 Å². The molecule has 0 saturated carbocycles. The Bertz CT molecular complexity index is 244. The molecule has 0 unspecified atom stereocenters. The number of rotatable bonds is 3. The monoisotopic (exact) mass is 184 g/mol. The first-order valence-electron chi connectivity index (χ1n) is 3.77. The molecule has 5 heteroatoms. The quantitative estimate of drug-likeness (QED) is 0.495. The maximum Gasteiger partial charge on any atom is 0.328 e. The van der Waals surface area contributed by atoms with E-state index in [0.717, 1.165) is 0 Å². The van der Waals surface area contributed by atoms with E-state index in [9.17, 15) is 9.59 Å². The van der Waals surface area contributed by atoms with Crippen LogP contribution in [-0.2, 0) is 14.3 Å². The first-order chi connectivity index (χ1) is 6.02. The second kappa shape index (κ2) is 5.14. The molecule has 5 nitrogen and oxygen atoms in total. The normalized spacial score (nSPS) is 13.7. The predicted molar refractivity (Wildman–Crippen MR) is 45.7 cm³/mol. The molecule has 72 valence electrons. The SMILES string of the molecule is [C-]#[N+][C@@H](C)C(=O)N[C@@H](C)C(=O)OC. The topological polar surface area (TPSA) is 59.8 Å². The van der Waals surface area contributed by atoms with Crippen LogP contribution in [0.15, 0.2) is 0 Å². The van der Waals surface area contributed by atoms with Crippen LogP contribution in [0.1, 0.15) is 13.8 Å². The van der Waals surface area contributed by atoms with Gasteiger partial charge in [0.1, 0.15) is 6.04 Å². The molecular formula is C8H12N2O3. The fraction of sp³-hybridized carbons (Fsp3) is 0.625. The summed E-state index contributed by atoms with van der Waals surface area (Å²) in [5.74, 6) is -0.988. The van der Waals surface area contributed by atoms with E-state index in [1.807, 2.05) is 0 Å². The number of amides is 1. The molecule has 13 heavy (non-hydrogen) atoms. The van der Waals surface area contributed by atoms with Crippen molar-refractivity contribution in [1.82, 2.24) is 5.32 Å². The summed E-state index contributed by atoms with van der Waals surface area (Å²) in [5, 5.41) is 2.35. The zero-order valence-corrected chi connectivity index (χ0v) is 7.83. The van der Waals surface area contributed by atoms with Gasteiger partial charge in [0.25, 0.3) is 6.04 Å². The summed E-state index contributed by atoms with van der Waals surface area (Å²) in [7, 11) is 1.24. The van der Waals surface area contributed by atoms with Gasteiger partial charge in [0.15, 0.2) is 0 Å². The van der Waals surface area contributed by atoms with Gasteiger partial charge in [-0.3, -0.25) is 4.79 Å². The zero-order chi connectivity index (χ0) is 10.4. The number of hydrogen-bond acceptors (Lipinski definition) is 3. The fourth-order valence-corrected chi connectivity index (χ4v) is 0.628. The Kier molecular flexibility index (Phi) is 4.52. The third kappa shape index (κ3) is 3.56. The molecule has 0 aliphatic carbocycles. The summed E-state index contributed by atoms with van der Waals surface area (Å²) in [6.07, 6.45) is 0. The van der Waals surface area contributed by atoms with Crippen LogP contribution in [0.5, 0.6) is 0 Å². The van der Waals surface area contributed by atoms with Crippen LogP contribution in [0, 0.1) is 6.57 Å². The minimum Gasteiger partial charge on any atom is -0.467 e. The summed E-state index contributed by atoms with van der Waals surface area (Å²) >= 11 is 0. The first-order valence-corrected chi connectivity index (χ1v) is 3.77. The van der Waals surface area contributed by atoms with Crippen LogP contribution >= 0.6 is 0 Å². The van der Waals surface area contributed by atoms with Crippen molar-refractivity contribution in [1.29, 1.82) is 0 Å². The number of carbonyl (C=O) groups excluding carboxylic acids is 2. The van der Waals surface area contributed by atoms with Gasteiger partial charge in [0.2, 0.25) is 0 Å². The number of carbonyl (C=O) groups is 2. The Balaban J connectivity index is 4.08. The number of nitrogens with one attached hydrogen (secondary N) is 1. The summed E-state index contributed by atoms with van der Waals surface area (Å²) in [6.45, 7) is 9.55. The lowest BCUT2D eigenvalue weighted by molar-refractivity contribution is -0.144. The van der Waals surface area contributed by atoms with Crippen molar-refractivity contribution in [2.45, 2.75) is 25.9 Å². The molecule has 0 aromatic carbocycles. The van der Waals surface area contributed by atoms with E-state index in [1.54, 1.807) is 0 Å². The smallest absolute Gasteiger partial charge is 0.328 e. The maximum absolute atomic E-state index is 11.1. The molecular weight excluding hydrogens is 172 g/mol. The largest absolute Gasteiger partial charge is 0.467 e. The van der Waals surface area contributed by atoms with Gasteiger partial charge in [-0.15, -0.1) is 0 Å². The molecule has 1 N–H and O–H groups in total. The van der Waals surface area contributed by atoms with E-state index in [-0.39, 0.29) is 0 Å². The molecule has 0 aliphatic rings. The highest BCUT2D eigenvalue weighted by molar-refractivity contribution is 5.87. The molecule has 0 saturated heterocycles. The molecule has 0 bridgehead atoms. The highest BCUT2D eigenvalue weighted by atomic mass is 16.5. The van der Waals surface area contributed by atoms with Gasteiger partial charge >= 0.3 is 11.9 Å². The van der Waals surface area contributed by atoms with Gasteiger partial charge in [0.05, 0.1) is 7.11 Å². The van der Waals surface area contributed by atoms with Crippen LogP contribution in [0.2, 0.25) is 0 Å². The first kappa shape index (κ1) is 11.4. The van der Waals surface area contributed by atoms with Crippen LogP contribution in [0.3, 0.4) is 0 Å². The lowest BCUT2D eigenvalue weighted by atomic mass is 10.3. The van der Waals surface area contributed by atoms with E-state index in [4.69, 9.17) is 6.57 Å². The molecule has 2 atom stereocenters. The minimum atomic E-state index is -0.771. The molecule has 0 aromatic rings. The van der Waals surface area contributed by atoms with Gasteiger partial charge in [0, 0.05) is 6.92 Å². The second-order valence-electron chi connectivity index (χ2n) is 2.56. The number of esters is 1. The lowest BCUT2D eigenvalue weighted by Gasteiger charge is -2.10. The van der Waals surface area contributed by atoms with Crippen molar-refractivity contribution in [3.63, 3.8) is 0 Å². The molecule has 0 aliphatic heterocycles. The third-order valence-electron chi connectivity index (χ3n) is 1.49. The van der Waals surface area contributed by atoms with Gasteiger partial charge in [-0.25, -0.2) is 11.4 Å². The molecule has 0 aromatic heterocycles. The molecule has 0 radical (unpaired) electrons. The summed E-state index contributed by atoms with van der Waals surface area (Å²) in [4.78, 5) is 24.9. The summed E-state index contributed by atoms with van der Waals surface area (Å²) in [5.41, 5.74) is 0. The average molecular weight is 184 g/mol. The Morgan fingerprint density at radius 1 is 1.46 bits per heavy atom. The lowest BCUT2D eigenvalue weighted by Crippen LogP contribution is -2.42. The Hall–Kier alpha value is -1.57. The average Bonchev–Trinajstić information content (AvgIpc) is 2.14. The zero-order valence-electron chi connectivity index (χ0n) is 7.83.